The van der Waals surface area contributed by atoms with Crippen molar-refractivity contribution in [3.63, 3.8) is 0 Å². The minimum Gasteiger partial charge on any atom is -0.324 e. The Morgan fingerprint density at radius 1 is 1.80 bits per heavy atom. The summed E-state index contributed by atoms with van der Waals surface area (Å²) in [4.78, 5) is 11.8. The van der Waals surface area contributed by atoms with Gasteiger partial charge in [0.05, 0.1) is 11.4 Å². The summed E-state index contributed by atoms with van der Waals surface area (Å²) in [6.45, 7) is 2.03. The van der Waals surface area contributed by atoms with E-state index in [-0.39, 0.29) is 12.3 Å². The van der Waals surface area contributed by atoms with Crippen molar-refractivity contribution in [3.05, 3.63) is 21.9 Å². The summed E-state index contributed by atoms with van der Waals surface area (Å²) in [6.07, 6.45) is 0. The van der Waals surface area contributed by atoms with E-state index in [2.05, 4.69) is 0 Å². The van der Waals surface area contributed by atoms with Gasteiger partial charge in [0.1, 0.15) is 0 Å². The number of aryl methyl sites for hydroxylation is 1. The first-order chi connectivity index (χ1) is 4.75. The van der Waals surface area contributed by atoms with E-state index in [9.17, 15) is 4.79 Å². The molecule has 0 radical (unpaired) electrons. The molecule has 0 spiro atoms. The molecule has 2 nitrogen and oxygen atoms in total. The fraction of sp³-hybridized carbons (Fsp3) is 0.286. The molecule has 0 unspecified atom stereocenters. The highest BCUT2D eigenvalue weighted by Gasteiger charge is 2.06. The summed E-state index contributed by atoms with van der Waals surface area (Å²) in [5, 5.41) is 1.90. The first-order valence-corrected chi connectivity index (χ1v) is 3.91. The van der Waals surface area contributed by atoms with Crippen LogP contribution in [0.15, 0.2) is 11.4 Å². The van der Waals surface area contributed by atoms with E-state index in [0.29, 0.717) is 0 Å². The molecule has 0 saturated heterocycles. The molecule has 54 valence electrons. The van der Waals surface area contributed by atoms with Gasteiger partial charge in [-0.1, -0.05) is 0 Å². The van der Waals surface area contributed by atoms with Gasteiger partial charge in [-0.25, -0.2) is 0 Å². The van der Waals surface area contributed by atoms with Gasteiger partial charge in [-0.05, 0) is 23.9 Å². The number of carbonyl (C=O) groups excluding carboxylic acids is 1. The van der Waals surface area contributed by atoms with E-state index in [0.717, 1.165) is 10.4 Å². The number of hydrogen-bond donors (Lipinski definition) is 1. The highest BCUT2D eigenvalue weighted by atomic mass is 32.1. The molecule has 10 heavy (non-hydrogen) atoms. The van der Waals surface area contributed by atoms with Crippen LogP contribution in [0.25, 0.3) is 0 Å². The first kappa shape index (κ1) is 7.44. The lowest BCUT2D eigenvalue weighted by molar-refractivity contribution is 0.100. The zero-order valence-electron chi connectivity index (χ0n) is 5.76. The Bertz CT molecular complexity index is 242. The van der Waals surface area contributed by atoms with Crippen molar-refractivity contribution in [2.24, 2.45) is 5.73 Å². The van der Waals surface area contributed by atoms with Gasteiger partial charge in [0.2, 0.25) is 0 Å². The molecule has 3 heteroatoms. The highest BCUT2D eigenvalue weighted by Crippen LogP contribution is 2.15. The largest absolute Gasteiger partial charge is 0.324 e. The quantitative estimate of drug-likeness (QED) is 0.652. The van der Waals surface area contributed by atoms with Crippen LogP contribution in [0.3, 0.4) is 0 Å². The number of ketones is 1. The number of nitrogens with two attached hydrogens (primary N) is 1. The predicted octanol–water partition coefficient (Wildman–Crippen LogP) is 1.20. The second-order valence-electron chi connectivity index (χ2n) is 2.06. The van der Waals surface area contributed by atoms with Gasteiger partial charge in [0, 0.05) is 0 Å². The Hall–Kier alpha value is -0.670. The Balaban J connectivity index is 2.93. The molecule has 0 aromatic carbocycles. The molecule has 0 saturated carbocycles. The summed E-state index contributed by atoms with van der Waals surface area (Å²) >= 11 is 1.45. The Labute approximate surface area is 63.7 Å². The van der Waals surface area contributed by atoms with Crippen molar-refractivity contribution in [3.8, 4) is 0 Å². The second-order valence-corrected chi connectivity index (χ2v) is 2.98. The van der Waals surface area contributed by atoms with E-state index in [4.69, 9.17) is 5.73 Å². The monoisotopic (exact) mass is 155 g/mol. The topological polar surface area (TPSA) is 43.1 Å². The van der Waals surface area contributed by atoms with Crippen LogP contribution in [0.5, 0.6) is 0 Å². The highest BCUT2D eigenvalue weighted by molar-refractivity contribution is 7.12. The average Bonchev–Trinajstić information content (AvgIpc) is 2.34. The van der Waals surface area contributed by atoms with Crippen molar-refractivity contribution in [2.45, 2.75) is 6.92 Å². The zero-order chi connectivity index (χ0) is 7.56. The van der Waals surface area contributed by atoms with Gasteiger partial charge in [0.15, 0.2) is 5.78 Å². The van der Waals surface area contributed by atoms with Crippen LogP contribution in [0.1, 0.15) is 15.2 Å². The van der Waals surface area contributed by atoms with Crippen molar-refractivity contribution in [1.29, 1.82) is 0 Å². The molecule has 1 aromatic heterocycles. The fourth-order valence-corrected chi connectivity index (χ4v) is 1.63. The van der Waals surface area contributed by atoms with Crippen LogP contribution >= 0.6 is 11.3 Å². The molecule has 1 heterocycles. The van der Waals surface area contributed by atoms with E-state index >= 15 is 0 Å². The molecule has 0 bridgehead atoms. The van der Waals surface area contributed by atoms with Gasteiger partial charge >= 0.3 is 0 Å². The third kappa shape index (κ3) is 1.25. The van der Waals surface area contributed by atoms with Gasteiger partial charge in [-0.15, -0.1) is 11.3 Å². The summed E-state index contributed by atoms with van der Waals surface area (Å²) in [6, 6.07) is 1.92. The molecule has 0 atom stereocenters. The minimum atomic E-state index is 0.0347. The van der Waals surface area contributed by atoms with Crippen molar-refractivity contribution < 1.29 is 4.79 Å². The van der Waals surface area contributed by atoms with E-state index < -0.39 is 0 Å². The summed E-state index contributed by atoms with van der Waals surface area (Å²) < 4.78 is 0. The SMILES string of the molecule is Cc1ccsc1C(=O)CN. The summed E-state index contributed by atoms with van der Waals surface area (Å²) in [7, 11) is 0. The Morgan fingerprint density at radius 3 is 2.90 bits per heavy atom. The van der Waals surface area contributed by atoms with Crippen LogP contribution in [0, 0.1) is 6.92 Å². The predicted molar refractivity (Wildman–Crippen MR) is 42.4 cm³/mol. The number of thiophene rings is 1. The van der Waals surface area contributed by atoms with Gasteiger partial charge < -0.3 is 5.73 Å². The standard InChI is InChI=1S/C7H9NOS/c1-5-2-3-10-7(5)6(9)4-8/h2-3H,4,8H2,1H3. The molecule has 0 amide bonds. The van der Waals surface area contributed by atoms with Crippen LogP contribution in [0.2, 0.25) is 0 Å². The van der Waals surface area contributed by atoms with Gasteiger partial charge in [0.25, 0.3) is 0 Å². The fourth-order valence-electron chi connectivity index (χ4n) is 0.751. The zero-order valence-corrected chi connectivity index (χ0v) is 6.57. The van der Waals surface area contributed by atoms with E-state index in [1.54, 1.807) is 0 Å². The van der Waals surface area contributed by atoms with E-state index in [1.807, 2.05) is 18.4 Å². The molecule has 0 fully saturated rings. The third-order valence-electron chi connectivity index (χ3n) is 1.30. The molecule has 0 aliphatic heterocycles. The Kier molecular flexibility index (Phi) is 2.19. The third-order valence-corrected chi connectivity index (χ3v) is 2.36. The lowest BCUT2D eigenvalue weighted by Gasteiger charge is -1.92. The maximum Gasteiger partial charge on any atom is 0.186 e. The smallest absolute Gasteiger partial charge is 0.186 e. The van der Waals surface area contributed by atoms with Gasteiger partial charge in [-0.2, -0.15) is 0 Å². The van der Waals surface area contributed by atoms with Gasteiger partial charge in [-0.3, -0.25) is 4.79 Å². The van der Waals surface area contributed by atoms with Crippen LogP contribution in [0.4, 0.5) is 0 Å². The number of carbonyl (C=O) groups is 1. The summed E-state index contributed by atoms with van der Waals surface area (Å²) in [5.41, 5.74) is 6.22. The van der Waals surface area contributed by atoms with E-state index in [1.165, 1.54) is 11.3 Å². The number of rotatable bonds is 2. The molecule has 1 rings (SSSR count). The lowest BCUT2D eigenvalue weighted by atomic mass is 10.2. The molecule has 1 aromatic rings. The molecule has 0 aliphatic carbocycles. The van der Waals surface area contributed by atoms with Crippen LogP contribution in [-0.2, 0) is 0 Å². The Morgan fingerprint density at radius 2 is 2.50 bits per heavy atom. The lowest BCUT2D eigenvalue weighted by Crippen LogP contribution is -2.12. The molecular weight excluding hydrogens is 146 g/mol. The molecule has 0 aliphatic rings. The normalized spacial score (nSPS) is 9.80. The minimum absolute atomic E-state index is 0.0347. The number of Topliss-reactive ketones (excluding diaryl/α,β-unsaturated/α-hetero) is 1. The second kappa shape index (κ2) is 2.94. The van der Waals surface area contributed by atoms with Crippen molar-refractivity contribution in [2.75, 3.05) is 6.54 Å². The van der Waals surface area contributed by atoms with Crippen LogP contribution in [-0.4, -0.2) is 12.3 Å². The average molecular weight is 155 g/mol. The summed E-state index contributed by atoms with van der Waals surface area (Å²) in [5.74, 6) is 0.0347. The number of hydrogen-bond acceptors (Lipinski definition) is 3. The van der Waals surface area contributed by atoms with Crippen LogP contribution < -0.4 is 5.73 Å². The molecular formula is C7H9NOS. The van der Waals surface area contributed by atoms with Crippen molar-refractivity contribution >= 4 is 17.1 Å². The first-order valence-electron chi connectivity index (χ1n) is 3.03. The van der Waals surface area contributed by atoms with Crippen molar-refractivity contribution in [1.82, 2.24) is 0 Å². The maximum absolute atomic E-state index is 11.0. The maximum atomic E-state index is 11.0. The molecule has 2 N–H and O–H groups in total.